The molecule has 0 N–H and O–H groups in total. The molecule has 5 rings (SSSR count). The van der Waals surface area contributed by atoms with Crippen LogP contribution >= 0.6 is 0 Å². The quantitative estimate of drug-likeness (QED) is 0.797. The molecule has 1 aliphatic carbocycles. The maximum absolute atomic E-state index is 13.4. The Balaban J connectivity index is 1.26. The van der Waals surface area contributed by atoms with E-state index in [4.69, 9.17) is 4.74 Å². The molecule has 0 bridgehead atoms. The first-order valence-corrected chi connectivity index (χ1v) is 11.1. The number of aromatic nitrogens is 3. The molecule has 0 atom stereocenters. The fourth-order valence-electron chi connectivity index (χ4n) is 5.11. The van der Waals surface area contributed by atoms with Crippen LogP contribution in [0.3, 0.4) is 0 Å². The van der Waals surface area contributed by atoms with Crippen molar-refractivity contribution < 1.29 is 9.53 Å². The van der Waals surface area contributed by atoms with E-state index in [1.165, 1.54) is 19.3 Å². The van der Waals surface area contributed by atoms with Crippen LogP contribution < -0.4 is 4.74 Å². The van der Waals surface area contributed by atoms with E-state index in [0.717, 1.165) is 74.7 Å². The Hall–Kier alpha value is -2.37. The molecule has 2 aliphatic heterocycles. The predicted octanol–water partition coefficient (Wildman–Crippen LogP) is 3.45. The van der Waals surface area contributed by atoms with E-state index in [-0.39, 0.29) is 5.41 Å². The highest BCUT2D eigenvalue weighted by molar-refractivity contribution is 5.91. The first kappa shape index (κ1) is 18.6. The zero-order valence-corrected chi connectivity index (χ0v) is 17.3. The highest BCUT2D eigenvalue weighted by Gasteiger charge is 2.53. The lowest BCUT2D eigenvalue weighted by Crippen LogP contribution is -2.44. The van der Waals surface area contributed by atoms with E-state index < -0.39 is 0 Å². The number of methoxy groups -OCH3 is 1. The van der Waals surface area contributed by atoms with E-state index >= 15 is 0 Å². The third-order valence-electron chi connectivity index (χ3n) is 7.09. The molecule has 1 aromatic carbocycles. The lowest BCUT2D eigenvalue weighted by atomic mass is 9.91. The summed E-state index contributed by atoms with van der Waals surface area (Å²) in [5.41, 5.74) is 0.832. The van der Waals surface area contributed by atoms with E-state index in [1.54, 1.807) is 7.11 Å². The molecule has 1 saturated heterocycles. The molecule has 0 spiro atoms. The highest BCUT2D eigenvalue weighted by atomic mass is 16.5. The van der Waals surface area contributed by atoms with Gasteiger partial charge in [0.15, 0.2) is 0 Å². The Kier molecular flexibility index (Phi) is 4.80. The van der Waals surface area contributed by atoms with Crippen molar-refractivity contribution in [2.45, 2.75) is 69.2 Å². The van der Waals surface area contributed by atoms with Gasteiger partial charge in [-0.05, 0) is 56.2 Å². The standard InChI is InChI=1S/C23H30N4O2/c1-29-19-8-6-18(7-9-19)23(12-13-23)22(28)26-15-10-17(11-16-26)21-25-24-20-5-3-2-4-14-27(20)21/h6-9,17H,2-5,10-16H2,1H3. The lowest BCUT2D eigenvalue weighted by molar-refractivity contribution is -0.135. The SMILES string of the molecule is COc1ccc(C2(C(=O)N3CCC(c4nnc5n4CCCCC5)CC3)CC2)cc1. The number of hydrogen-bond acceptors (Lipinski definition) is 4. The average Bonchev–Trinajstić information content (AvgIpc) is 3.54. The van der Waals surface area contributed by atoms with E-state index in [0.29, 0.717) is 11.8 Å². The van der Waals surface area contributed by atoms with E-state index in [2.05, 4.69) is 31.8 Å². The number of aryl methyl sites for hydroxylation is 1. The van der Waals surface area contributed by atoms with Gasteiger partial charge in [0.1, 0.15) is 17.4 Å². The van der Waals surface area contributed by atoms with E-state index in [9.17, 15) is 4.79 Å². The predicted molar refractivity (Wildman–Crippen MR) is 110 cm³/mol. The first-order valence-electron chi connectivity index (χ1n) is 11.1. The smallest absolute Gasteiger partial charge is 0.233 e. The van der Waals surface area contributed by atoms with Crippen molar-refractivity contribution in [2.24, 2.45) is 0 Å². The van der Waals surface area contributed by atoms with Gasteiger partial charge in [0.05, 0.1) is 12.5 Å². The second-order valence-electron chi connectivity index (χ2n) is 8.81. The summed E-state index contributed by atoms with van der Waals surface area (Å²) in [4.78, 5) is 15.5. The number of nitrogens with zero attached hydrogens (tertiary/aromatic N) is 4. The minimum atomic E-state index is -0.301. The van der Waals surface area contributed by atoms with Gasteiger partial charge in [-0.2, -0.15) is 0 Å². The van der Waals surface area contributed by atoms with Crippen LogP contribution in [0.1, 0.15) is 68.1 Å². The minimum Gasteiger partial charge on any atom is -0.497 e. The number of benzene rings is 1. The maximum atomic E-state index is 13.4. The number of fused-ring (bicyclic) bond motifs is 1. The largest absolute Gasteiger partial charge is 0.497 e. The summed E-state index contributed by atoms with van der Waals surface area (Å²) in [7, 11) is 1.67. The second kappa shape index (κ2) is 7.47. The van der Waals surface area contributed by atoms with Crippen LogP contribution in [0.15, 0.2) is 24.3 Å². The van der Waals surface area contributed by atoms with Gasteiger partial charge < -0.3 is 14.2 Å². The number of carbonyl (C=O) groups is 1. The average molecular weight is 395 g/mol. The van der Waals surface area contributed by atoms with Crippen molar-refractivity contribution in [3.05, 3.63) is 41.5 Å². The van der Waals surface area contributed by atoms with Crippen molar-refractivity contribution in [2.75, 3.05) is 20.2 Å². The third-order valence-corrected chi connectivity index (χ3v) is 7.09. The summed E-state index contributed by atoms with van der Waals surface area (Å²) in [6, 6.07) is 8.04. The molecule has 29 heavy (non-hydrogen) atoms. The Morgan fingerprint density at radius 2 is 1.79 bits per heavy atom. The fraction of sp³-hybridized carbons (Fsp3) is 0.609. The minimum absolute atomic E-state index is 0.301. The van der Waals surface area contributed by atoms with Crippen molar-refractivity contribution in [3.8, 4) is 5.75 Å². The molecular formula is C23H30N4O2. The molecule has 1 aromatic heterocycles. The van der Waals surface area contributed by atoms with Gasteiger partial charge in [-0.25, -0.2) is 0 Å². The zero-order valence-electron chi connectivity index (χ0n) is 17.3. The number of likely N-dealkylation sites (tertiary alicyclic amines) is 1. The number of hydrogen-bond donors (Lipinski definition) is 0. The molecule has 2 aromatic rings. The van der Waals surface area contributed by atoms with Gasteiger partial charge >= 0.3 is 0 Å². The molecule has 1 saturated carbocycles. The van der Waals surface area contributed by atoms with Gasteiger partial charge in [0.2, 0.25) is 5.91 Å². The zero-order chi connectivity index (χ0) is 19.8. The van der Waals surface area contributed by atoms with Gasteiger partial charge in [-0.1, -0.05) is 18.6 Å². The topological polar surface area (TPSA) is 60.2 Å². The summed E-state index contributed by atoms with van der Waals surface area (Å²) in [5, 5.41) is 9.03. The normalized spacial score (nSPS) is 21.3. The van der Waals surface area contributed by atoms with Gasteiger partial charge in [0.25, 0.3) is 0 Å². The Labute approximate surface area is 172 Å². The third kappa shape index (κ3) is 3.32. The van der Waals surface area contributed by atoms with Crippen LogP contribution in [0.5, 0.6) is 5.75 Å². The number of carbonyl (C=O) groups excluding carboxylic acids is 1. The number of ether oxygens (including phenoxy) is 1. The summed E-state index contributed by atoms with van der Waals surface area (Å²) in [6.45, 7) is 2.70. The summed E-state index contributed by atoms with van der Waals surface area (Å²) in [5.74, 6) is 3.89. The van der Waals surface area contributed by atoms with Crippen LogP contribution in [-0.2, 0) is 23.2 Å². The molecule has 6 nitrogen and oxygen atoms in total. The number of amides is 1. The maximum Gasteiger partial charge on any atom is 0.233 e. The molecule has 3 heterocycles. The van der Waals surface area contributed by atoms with Gasteiger partial charge in [-0.15, -0.1) is 10.2 Å². The van der Waals surface area contributed by atoms with Crippen LogP contribution in [0, 0.1) is 0 Å². The molecule has 1 amide bonds. The molecule has 6 heteroatoms. The van der Waals surface area contributed by atoms with Crippen LogP contribution in [-0.4, -0.2) is 45.8 Å². The summed E-state index contributed by atoms with van der Waals surface area (Å²) in [6.07, 6.45) is 8.66. The van der Waals surface area contributed by atoms with Crippen molar-refractivity contribution in [1.29, 1.82) is 0 Å². The lowest BCUT2D eigenvalue weighted by Gasteiger charge is -2.34. The Bertz CT molecular complexity index is 877. The van der Waals surface area contributed by atoms with E-state index in [1.807, 2.05) is 12.1 Å². The molecular weight excluding hydrogens is 364 g/mol. The first-order chi connectivity index (χ1) is 14.2. The van der Waals surface area contributed by atoms with Crippen LogP contribution in [0.2, 0.25) is 0 Å². The number of rotatable bonds is 4. The molecule has 0 unspecified atom stereocenters. The van der Waals surface area contributed by atoms with Crippen molar-refractivity contribution in [3.63, 3.8) is 0 Å². The van der Waals surface area contributed by atoms with Crippen LogP contribution in [0.25, 0.3) is 0 Å². The summed E-state index contributed by atoms with van der Waals surface area (Å²) < 4.78 is 7.64. The van der Waals surface area contributed by atoms with Crippen molar-refractivity contribution >= 4 is 5.91 Å². The molecule has 0 radical (unpaired) electrons. The summed E-state index contributed by atoms with van der Waals surface area (Å²) >= 11 is 0. The Morgan fingerprint density at radius 1 is 1.03 bits per heavy atom. The van der Waals surface area contributed by atoms with Gasteiger partial charge in [-0.3, -0.25) is 4.79 Å². The van der Waals surface area contributed by atoms with Crippen molar-refractivity contribution in [1.82, 2.24) is 19.7 Å². The molecule has 154 valence electrons. The monoisotopic (exact) mass is 394 g/mol. The van der Waals surface area contributed by atoms with Crippen LogP contribution in [0.4, 0.5) is 0 Å². The second-order valence-corrected chi connectivity index (χ2v) is 8.81. The fourth-order valence-corrected chi connectivity index (χ4v) is 5.11. The Morgan fingerprint density at radius 3 is 2.48 bits per heavy atom. The molecule has 3 aliphatic rings. The van der Waals surface area contributed by atoms with Gasteiger partial charge in [0, 0.05) is 32.0 Å². The number of piperidine rings is 1. The molecule has 2 fully saturated rings. The highest BCUT2D eigenvalue weighted by Crippen LogP contribution is 2.50.